The van der Waals surface area contributed by atoms with Gasteiger partial charge >= 0.3 is 0 Å². The van der Waals surface area contributed by atoms with Crippen LogP contribution in [0.1, 0.15) is 4.88 Å². The first-order valence-electron chi connectivity index (χ1n) is 3.96. The minimum Gasteiger partial charge on any atom is -0.390 e. The van der Waals surface area contributed by atoms with Crippen molar-refractivity contribution >= 4 is 27.3 Å². The normalized spacial score (nSPS) is 12.0. The fraction of sp³-hybridized carbons (Fsp3) is 0.500. The summed E-state index contributed by atoms with van der Waals surface area (Å²) >= 11 is 4.76. The van der Waals surface area contributed by atoms with E-state index in [-0.39, 0.29) is 0 Å². The van der Waals surface area contributed by atoms with Gasteiger partial charge in [0.05, 0.1) is 6.54 Å². The van der Waals surface area contributed by atoms with Crippen LogP contribution in [0.2, 0.25) is 0 Å². The van der Waals surface area contributed by atoms with Gasteiger partial charge in [-0.25, -0.2) is 8.78 Å². The molecule has 0 bridgehead atoms. The highest BCUT2D eigenvalue weighted by Crippen LogP contribution is 2.19. The van der Waals surface area contributed by atoms with Gasteiger partial charge in [0.2, 0.25) is 0 Å². The molecule has 0 saturated carbocycles. The lowest BCUT2D eigenvalue weighted by Gasteiger charge is -2.13. The quantitative estimate of drug-likeness (QED) is 0.870. The van der Waals surface area contributed by atoms with Crippen LogP contribution in [0.15, 0.2) is 15.9 Å². The van der Waals surface area contributed by atoms with Crippen molar-refractivity contribution in [2.45, 2.75) is 12.5 Å². The van der Waals surface area contributed by atoms with Crippen LogP contribution >= 0.6 is 27.3 Å². The van der Waals surface area contributed by atoms with Crippen LogP contribution in [0.25, 0.3) is 0 Å². The fourth-order valence-corrected chi connectivity index (χ4v) is 2.29. The molecule has 1 aromatic heterocycles. The Morgan fingerprint density at radius 1 is 1.57 bits per heavy atom. The van der Waals surface area contributed by atoms with Crippen molar-refractivity contribution < 1.29 is 13.9 Å². The van der Waals surface area contributed by atoms with Gasteiger partial charge in [-0.2, -0.15) is 0 Å². The third-order valence-corrected chi connectivity index (χ3v) is 3.23. The predicted octanol–water partition coefficient (Wildman–Crippen LogP) is 2.23. The molecule has 0 aliphatic rings. The predicted molar refractivity (Wildman–Crippen MR) is 55.8 cm³/mol. The maximum atomic E-state index is 12.5. The molecule has 14 heavy (non-hydrogen) atoms. The van der Waals surface area contributed by atoms with Crippen LogP contribution in [-0.2, 0) is 6.54 Å². The largest absolute Gasteiger partial charge is 0.390 e. The van der Waals surface area contributed by atoms with Gasteiger partial charge in [0.1, 0.15) is 6.61 Å². The van der Waals surface area contributed by atoms with Gasteiger partial charge in [-0.3, -0.25) is 0 Å². The van der Waals surface area contributed by atoms with Crippen LogP contribution in [-0.4, -0.2) is 24.2 Å². The summed E-state index contributed by atoms with van der Waals surface area (Å²) in [6.07, 6.45) is 0. The molecule has 0 atom stereocenters. The van der Waals surface area contributed by atoms with E-state index in [2.05, 4.69) is 21.2 Å². The van der Waals surface area contributed by atoms with Crippen molar-refractivity contribution in [1.29, 1.82) is 0 Å². The summed E-state index contributed by atoms with van der Waals surface area (Å²) in [6, 6.07) is 1.87. The molecule has 6 heteroatoms. The van der Waals surface area contributed by atoms with Gasteiger partial charge in [-0.05, 0) is 22.0 Å². The average Bonchev–Trinajstić information content (AvgIpc) is 2.51. The minimum absolute atomic E-state index is 0.395. The number of aliphatic hydroxyl groups excluding tert-OH is 1. The van der Waals surface area contributed by atoms with Crippen LogP contribution < -0.4 is 5.32 Å². The van der Waals surface area contributed by atoms with E-state index in [0.717, 1.165) is 9.35 Å². The van der Waals surface area contributed by atoms with Gasteiger partial charge in [0, 0.05) is 21.3 Å². The first-order chi connectivity index (χ1) is 6.53. The van der Waals surface area contributed by atoms with E-state index in [9.17, 15) is 8.78 Å². The third kappa shape index (κ3) is 4.00. The average molecular weight is 286 g/mol. The van der Waals surface area contributed by atoms with E-state index < -0.39 is 19.1 Å². The number of hydrogen-bond acceptors (Lipinski definition) is 3. The molecule has 0 aliphatic carbocycles. The lowest BCUT2D eigenvalue weighted by Crippen LogP contribution is -2.35. The van der Waals surface area contributed by atoms with Crippen molar-refractivity contribution in [1.82, 2.24) is 5.32 Å². The molecule has 0 amide bonds. The first-order valence-corrected chi connectivity index (χ1v) is 5.63. The van der Waals surface area contributed by atoms with Gasteiger partial charge in [-0.15, -0.1) is 11.3 Å². The summed E-state index contributed by atoms with van der Waals surface area (Å²) in [5.74, 6) is -3.03. The van der Waals surface area contributed by atoms with E-state index in [1.54, 1.807) is 0 Å². The molecule has 80 valence electrons. The lowest BCUT2D eigenvalue weighted by atomic mass is 10.3. The highest BCUT2D eigenvalue weighted by molar-refractivity contribution is 9.10. The van der Waals surface area contributed by atoms with Crippen LogP contribution in [0.4, 0.5) is 8.78 Å². The van der Waals surface area contributed by atoms with Crippen molar-refractivity contribution in [3.05, 3.63) is 20.8 Å². The Morgan fingerprint density at radius 2 is 2.29 bits per heavy atom. The molecular formula is C8H10BrF2NOS. The second-order valence-electron chi connectivity index (χ2n) is 2.85. The van der Waals surface area contributed by atoms with E-state index in [1.807, 2.05) is 11.4 Å². The molecule has 0 fully saturated rings. The maximum Gasteiger partial charge on any atom is 0.282 e. The van der Waals surface area contributed by atoms with Crippen LogP contribution in [0.5, 0.6) is 0 Å². The Balaban J connectivity index is 2.28. The molecule has 2 N–H and O–H groups in total. The standard InChI is InChI=1S/C8H10BrF2NOS/c9-6-1-7(14-3-6)2-12-4-8(10,11)5-13/h1,3,12-13H,2,4-5H2. The molecular weight excluding hydrogens is 276 g/mol. The van der Waals surface area contributed by atoms with Crippen LogP contribution in [0, 0.1) is 0 Å². The van der Waals surface area contributed by atoms with E-state index in [4.69, 9.17) is 5.11 Å². The second-order valence-corrected chi connectivity index (χ2v) is 4.76. The number of halogens is 3. The molecule has 1 aromatic rings. The number of rotatable bonds is 5. The first kappa shape index (κ1) is 12.0. The fourth-order valence-electron chi connectivity index (χ4n) is 0.871. The zero-order chi connectivity index (χ0) is 10.6. The summed E-state index contributed by atoms with van der Waals surface area (Å²) in [7, 11) is 0. The van der Waals surface area contributed by atoms with E-state index in [0.29, 0.717) is 6.54 Å². The molecule has 0 saturated heterocycles. The highest BCUT2D eigenvalue weighted by atomic mass is 79.9. The molecule has 0 unspecified atom stereocenters. The van der Waals surface area contributed by atoms with Gasteiger partial charge < -0.3 is 10.4 Å². The zero-order valence-electron chi connectivity index (χ0n) is 7.27. The molecule has 1 heterocycles. The Kier molecular flexibility index (Phi) is 4.43. The van der Waals surface area contributed by atoms with E-state index >= 15 is 0 Å². The van der Waals surface area contributed by atoms with Gasteiger partial charge in [0.25, 0.3) is 5.92 Å². The summed E-state index contributed by atoms with van der Waals surface area (Å²) in [4.78, 5) is 0.977. The van der Waals surface area contributed by atoms with Crippen molar-refractivity contribution in [2.75, 3.05) is 13.2 Å². The summed E-state index contributed by atoms with van der Waals surface area (Å²) < 4.78 is 26.0. The number of nitrogens with one attached hydrogen (secondary N) is 1. The molecule has 0 aliphatic heterocycles. The Morgan fingerprint density at radius 3 is 2.79 bits per heavy atom. The van der Waals surface area contributed by atoms with Crippen molar-refractivity contribution in [2.24, 2.45) is 0 Å². The summed E-state index contributed by atoms with van der Waals surface area (Å²) in [5.41, 5.74) is 0. The summed E-state index contributed by atoms with van der Waals surface area (Å²) in [5, 5.41) is 12.8. The Labute approximate surface area is 93.1 Å². The molecule has 2 nitrogen and oxygen atoms in total. The molecule has 0 spiro atoms. The SMILES string of the molecule is OCC(F)(F)CNCc1cc(Br)cs1. The zero-order valence-corrected chi connectivity index (χ0v) is 9.67. The minimum atomic E-state index is -3.03. The summed E-state index contributed by atoms with van der Waals surface area (Å²) in [6.45, 7) is -1.22. The second kappa shape index (κ2) is 5.16. The lowest BCUT2D eigenvalue weighted by molar-refractivity contribution is -0.0477. The number of thiophene rings is 1. The molecule has 1 rings (SSSR count). The smallest absolute Gasteiger partial charge is 0.282 e. The number of hydrogen-bond donors (Lipinski definition) is 2. The monoisotopic (exact) mass is 285 g/mol. The maximum absolute atomic E-state index is 12.5. The van der Waals surface area contributed by atoms with Crippen molar-refractivity contribution in [3.8, 4) is 0 Å². The number of aliphatic hydroxyl groups is 1. The van der Waals surface area contributed by atoms with Gasteiger partial charge in [-0.1, -0.05) is 0 Å². The Hall–Kier alpha value is -0.0400. The number of alkyl halides is 2. The van der Waals surface area contributed by atoms with Crippen LogP contribution in [0.3, 0.4) is 0 Å². The molecule has 0 radical (unpaired) electrons. The third-order valence-electron chi connectivity index (χ3n) is 1.54. The highest BCUT2D eigenvalue weighted by Gasteiger charge is 2.26. The molecule has 0 aromatic carbocycles. The Bertz CT molecular complexity index is 293. The topological polar surface area (TPSA) is 32.3 Å². The van der Waals surface area contributed by atoms with Gasteiger partial charge in [0.15, 0.2) is 0 Å². The van der Waals surface area contributed by atoms with E-state index in [1.165, 1.54) is 11.3 Å². The van der Waals surface area contributed by atoms with Crippen molar-refractivity contribution in [3.63, 3.8) is 0 Å².